The van der Waals surface area contributed by atoms with Crippen LogP contribution in [0.1, 0.15) is 30.1 Å². The molecule has 1 aromatic carbocycles. The number of sulfonamides is 1. The fourth-order valence-corrected chi connectivity index (χ4v) is 3.47. The van der Waals surface area contributed by atoms with Gasteiger partial charge < -0.3 is 4.90 Å². The lowest BCUT2D eigenvalue weighted by Gasteiger charge is -2.18. The minimum absolute atomic E-state index is 0.291. The Morgan fingerprint density at radius 1 is 1.38 bits per heavy atom. The highest BCUT2D eigenvalue weighted by molar-refractivity contribution is 7.89. The van der Waals surface area contributed by atoms with Gasteiger partial charge in [-0.2, -0.15) is 0 Å². The van der Waals surface area contributed by atoms with Crippen LogP contribution < -0.4 is 5.14 Å². The normalized spacial score (nSPS) is 11.5. The summed E-state index contributed by atoms with van der Waals surface area (Å²) >= 11 is 11.5. The van der Waals surface area contributed by atoms with Gasteiger partial charge in [0.05, 0.1) is 15.6 Å². The molecule has 0 radical (unpaired) electrons. The Bertz CT molecular complexity index is 665. The molecular formula is C12H15Cl2FN2O3S. The molecule has 0 aromatic heterocycles. The van der Waals surface area contributed by atoms with Crippen molar-refractivity contribution in [3.63, 3.8) is 0 Å². The summed E-state index contributed by atoms with van der Waals surface area (Å²) in [7, 11) is -2.85. The number of rotatable bonds is 5. The van der Waals surface area contributed by atoms with Gasteiger partial charge in [0.15, 0.2) is 0 Å². The largest absolute Gasteiger partial charge is 0.342 e. The van der Waals surface area contributed by atoms with E-state index in [-0.39, 0.29) is 5.56 Å². The number of benzene rings is 1. The molecule has 0 fully saturated rings. The van der Waals surface area contributed by atoms with Crippen molar-refractivity contribution in [3.8, 4) is 0 Å². The molecule has 0 unspecified atom stereocenters. The van der Waals surface area contributed by atoms with Gasteiger partial charge in [0, 0.05) is 13.6 Å². The predicted molar refractivity (Wildman–Crippen MR) is 79.7 cm³/mol. The van der Waals surface area contributed by atoms with Crippen LogP contribution in [0.4, 0.5) is 4.39 Å². The summed E-state index contributed by atoms with van der Waals surface area (Å²) in [6, 6.07) is 0.810. The molecule has 0 atom stereocenters. The third-order valence-electron chi connectivity index (χ3n) is 2.82. The molecule has 0 aliphatic heterocycles. The molecule has 0 saturated heterocycles. The van der Waals surface area contributed by atoms with E-state index in [9.17, 15) is 17.6 Å². The fraction of sp³-hybridized carbons (Fsp3) is 0.417. The first-order valence-corrected chi connectivity index (χ1v) is 8.37. The lowest BCUT2D eigenvalue weighted by molar-refractivity contribution is 0.0792. The molecule has 0 aliphatic carbocycles. The minimum atomic E-state index is -4.36. The molecule has 2 N–H and O–H groups in total. The Morgan fingerprint density at radius 2 is 1.95 bits per heavy atom. The summed E-state index contributed by atoms with van der Waals surface area (Å²) in [6.45, 7) is 2.38. The highest BCUT2D eigenvalue weighted by Gasteiger charge is 2.27. The Morgan fingerprint density at radius 3 is 2.43 bits per heavy atom. The summed E-state index contributed by atoms with van der Waals surface area (Å²) in [4.78, 5) is 12.8. The third-order valence-corrected chi connectivity index (χ3v) is 4.79. The number of unbranched alkanes of at least 4 members (excludes halogenated alkanes) is 1. The number of hydrogen-bond donors (Lipinski definition) is 1. The number of nitrogens with two attached hydrogens (primary N) is 1. The average Bonchev–Trinajstić information content (AvgIpc) is 2.38. The highest BCUT2D eigenvalue weighted by Crippen LogP contribution is 2.34. The standard InChI is InChI=1S/C12H15Cl2FN2O3S/c1-3-4-5-17(2)12(18)7-6-8(15)10(14)11(9(7)13)21(16,19)20/h6H,3-5H2,1-2H3,(H2,16,19,20). The quantitative estimate of drug-likeness (QED) is 0.823. The SMILES string of the molecule is CCCCN(C)C(=O)c1cc(F)c(Cl)c(S(N)(=O)=O)c1Cl. The van der Waals surface area contributed by atoms with Gasteiger partial charge in [-0.3, -0.25) is 4.79 Å². The number of hydrogen-bond acceptors (Lipinski definition) is 3. The zero-order valence-corrected chi connectivity index (χ0v) is 13.8. The van der Waals surface area contributed by atoms with Crippen LogP contribution >= 0.6 is 23.2 Å². The van der Waals surface area contributed by atoms with Crippen molar-refractivity contribution >= 4 is 39.1 Å². The Balaban J connectivity index is 3.39. The predicted octanol–water partition coefficient (Wildman–Crippen LogP) is 2.65. The van der Waals surface area contributed by atoms with Crippen LogP contribution in [-0.4, -0.2) is 32.8 Å². The highest BCUT2D eigenvalue weighted by atomic mass is 35.5. The molecule has 1 rings (SSSR count). The topological polar surface area (TPSA) is 80.5 Å². The first kappa shape index (κ1) is 18.2. The second-order valence-corrected chi connectivity index (χ2v) is 6.74. The van der Waals surface area contributed by atoms with Gasteiger partial charge in [0.2, 0.25) is 10.0 Å². The molecule has 5 nitrogen and oxygen atoms in total. The Kier molecular flexibility index (Phi) is 5.98. The van der Waals surface area contributed by atoms with Gasteiger partial charge in [-0.05, 0) is 12.5 Å². The summed E-state index contributed by atoms with van der Waals surface area (Å²) < 4.78 is 36.7. The zero-order chi connectivity index (χ0) is 16.4. The lowest BCUT2D eigenvalue weighted by atomic mass is 10.2. The van der Waals surface area contributed by atoms with E-state index in [0.717, 1.165) is 18.9 Å². The molecule has 0 saturated carbocycles. The van der Waals surface area contributed by atoms with E-state index in [1.807, 2.05) is 6.92 Å². The van der Waals surface area contributed by atoms with Gasteiger partial charge in [0.25, 0.3) is 5.91 Å². The van der Waals surface area contributed by atoms with Crippen LogP contribution in [-0.2, 0) is 10.0 Å². The van der Waals surface area contributed by atoms with E-state index in [2.05, 4.69) is 0 Å². The minimum Gasteiger partial charge on any atom is -0.342 e. The second-order valence-electron chi connectivity index (χ2n) is 4.49. The van der Waals surface area contributed by atoms with Crippen LogP contribution in [0, 0.1) is 5.82 Å². The van der Waals surface area contributed by atoms with E-state index in [0.29, 0.717) is 6.54 Å². The van der Waals surface area contributed by atoms with Crippen molar-refractivity contribution < 1.29 is 17.6 Å². The summed E-state index contributed by atoms with van der Waals surface area (Å²) in [5.41, 5.74) is -0.291. The van der Waals surface area contributed by atoms with Crippen LogP contribution in [0.2, 0.25) is 10.0 Å². The number of halogens is 3. The van der Waals surface area contributed by atoms with Crippen LogP contribution in [0.25, 0.3) is 0 Å². The van der Waals surface area contributed by atoms with Crippen molar-refractivity contribution in [3.05, 3.63) is 27.5 Å². The van der Waals surface area contributed by atoms with Crippen LogP contribution in [0.5, 0.6) is 0 Å². The number of primary sulfonamides is 1. The van der Waals surface area contributed by atoms with Crippen molar-refractivity contribution in [1.82, 2.24) is 4.90 Å². The molecule has 9 heteroatoms. The number of nitrogens with zero attached hydrogens (tertiary/aromatic N) is 1. The second kappa shape index (κ2) is 6.91. The molecule has 0 heterocycles. The van der Waals surface area contributed by atoms with Gasteiger partial charge in [-0.15, -0.1) is 0 Å². The number of amides is 1. The monoisotopic (exact) mass is 356 g/mol. The average molecular weight is 357 g/mol. The fourth-order valence-electron chi connectivity index (χ4n) is 1.69. The summed E-state index contributed by atoms with van der Waals surface area (Å²) in [5, 5.41) is 3.76. The first-order chi connectivity index (χ1) is 9.61. The van der Waals surface area contributed by atoms with Crippen molar-refractivity contribution in [2.45, 2.75) is 24.7 Å². The van der Waals surface area contributed by atoms with E-state index >= 15 is 0 Å². The summed E-state index contributed by atoms with van der Waals surface area (Å²) in [5.74, 6) is -1.67. The van der Waals surface area contributed by atoms with Gasteiger partial charge in [-0.25, -0.2) is 17.9 Å². The van der Waals surface area contributed by atoms with E-state index in [1.165, 1.54) is 11.9 Å². The Labute approximate surface area is 132 Å². The number of carbonyl (C=O) groups is 1. The van der Waals surface area contributed by atoms with Crippen molar-refractivity contribution in [2.24, 2.45) is 5.14 Å². The lowest BCUT2D eigenvalue weighted by Crippen LogP contribution is -2.28. The molecule has 1 amide bonds. The molecular weight excluding hydrogens is 342 g/mol. The molecule has 0 spiro atoms. The maximum Gasteiger partial charge on any atom is 0.255 e. The smallest absolute Gasteiger partial charge is 0.255 e. The van der Waals surface area contributed by atoms with Gasteiger partial charge in [0.1, 0.15) is 10.7 Å². The Hall–Kier alpha value is -0.890. The van der Waals surface area contributed by atoms with E-state index in [4.69, 9.17) is 28.3 Å². The molecule has 118 valence electrons. The van der Waals surface area contributed by atoms with Crippen LogP contribution in [0.15, 0.2) is 11.0 Å². The summed E-state index contributed by atoms with van der Waals surface area (Å²) in [6.07, 6.45) is 1.61. The van der Waals surface area contributed by atoms with Crippen molar-refractivity contribution in [2.75, 3.05) is 13.6 Å². The zero-order valence-electron chi connectivity index (χ0n) is 11.5. The maximum absolute atomic E-state index is 13.7. The molecule has 0 aliphatic rings. The molecule has 21 heavy (non-hydrogen) atoms. The molecule has 1 aromatic rings. The van der Waals surface area contributed by atoms with Gasteiger partial charge in [-0.1, -0.05) is 36.5 Å². The number of carbonyl (C=O) groups excluding carboxylic acids is 1. The first-order valence-electron chi connectivity index (χ1n) is 6.07. The third kappa shape index (κ3) is 4.06. The van der Waals surface area contributed by atoms with E-state index < -0.39 is 36.7 Å². The molecule has 0 bridgehead atoms. The van der Waals surface area contributed by atoms with Crippen LogP contribution in [0.3, 0.4) is 0 Å². The maximum atomic E-state index is 13.7. The van der Waals surface area contributed by atoms with Crippen molar-refractivity contribution in [1.29, 1.82) is 0 Å². The van der Waals surface area contributed by atoms with Gasteiger partial charge >= 0.3 is 0 Å². The van der Waals surface area contributed by atoms with E-state index in [1.54, 1.807) is 0 Å².